The number of morpholine rings is 1. The van der Waals surface area contributed by atoms with Crippen LogP contribution in [0.15, 0.2) is 11.2 Å². The predicted molar refractivity (Wildman–Crippen MR) is 66.9 cm³/mol. The van der Waals surface area contributed by atoms with Gasteiger partial charge < -0.3 is 4.74 Å². The van der Waals surface area contributed by atoms with Crippen molar-refractivity contribution in [2.45, 2.75) is 37.0 Å². The molecule has 18 heavy (non-hydrogen) atoms. The fourth-order valence-electron chi connectivity index (χ4n) is 2.07. The summed E-state index contributed by atoms with van der Waals surface area (Å²) in [5, 5.41) is 6.35. The Morgan fingerprint density at radius 1 is 1.50 bits per heavy atom. The number of hydrogen-bond donors (Lipinski definition) is 1. The topological polar surface area (TPSA) is 75.3 Å². The minimum absolute atomic E-state index is 0.0822. The number of hydrogen-bond acceptors (Lipinski definition) is 4. The molecule has 0 aromatic carbocycles. The number of aromatic amines is 1. The van der Waals surface area contributed by atoms with E-state index >= 15 is 0 Å². The molecule has 1 aliphatic heterocycles. The van der Waals surface area contributed by atoms with Gasteiger partial charge in [0.2, 0.25) is 0 Å². The van der Waals surface area contributed by atoms with Crippen molar-refractivity contribution in [3.8, 4) is 0 Å². The maximum Gasteiger partial charge on any atom is 0.260 e. The van der Waals surface area contributed by atoms with Crippen LogP contribution in [0.4, 0.5) is 0 Å². The van der Waals surface area contributed by atoms with E-state index in [1.807, 2.05) is 13.8 Å². The molecule has 6 nitrogen and oxygen atoms in total. The normalized spacial score (nSPS) is 26.4. The summed E-state index contributed by atoms with van der Waals surface area (Å²) in [5.41, 5.74) is 0.489. The van der Waals surface area contributed by atoms with Gasteiger partial charge in [-0.25, -0.2) is 8.42 Å². The Morgan fingerprint density at radius 3 is 2.67 bits per heavy atom. The van der Waals surface area contributed by atoms with Gasteiger partial charge in [-0.15, -0.1) is 11.6 Å². The second-order valence-electron chi connectivity index (χ2n) is 4.44. The van der Waals surface area contributed by atoms with E-state index in [1.165, 1.54) is 10.5 Å². The van der Waals surface area contributed by atoms with Gasteiger partial charge in [0.05, 0.1) is 24.3 Å². The van der Waals surface area contributed by atoms with Crippen LogP contribution in [-0.2, 0) is 20.6 Å². The highest BCUT2D eigenvalue weighted by molar-refractivity contribution is 7.89. The molecule has 0 amide bonds. The average molecular weight is 294 g/mol. The molecule has 0 spiro atoms. The monoisotopic (exact) mass is 293 g/mol. The molecule has 1 aromatic heterocycles. The third kappa shape index (κ3) is 2.54. The van der Waals surface area contributed by atoms with Crippen LogP contribution in [0.3, 0.4) is 0 Å². The highest BCUT2D eigenvalue weighted by Gasteiger charge is 2.34. The zero-order valence-corrected chi connectivity index (χ0v) is 11.8. The molecule has 0 bridgehead atoms. The Bertz CT molecular complexity index is 506. The van der Waals surface area contributed by atoms with Crippen molar-refractivity contribution in [1.82, 2.24) is 14.5 Å². The van der Waals surface area contributed by atoms with Crippen molar-refractivity contribution < 1.29 is 13.2 Å². The van der Waals surface area contributed by atoms with Crippen molar-refractivity contribution in [3.63, 3.8) is 0 Å². The molecular formula is C10H16ClN3O3S. The highest BCUT2D eigenvalue weighted by atomic mass is 35.5. The molecule has 1 aliphatic rings. The number of nitrogens with one attached hydrogen (secondary N) is 1. The van der Waals surface area contributed by atoms with Crippen molar-refractivity contribution in [2.75, 3.05) is 13.1 Å². The Kier molecular flexibility index (Phi) is 3.96. The van der Waals surface area contributed by atoms with Crippen molar-refractivity contribution in [2.24, 2.45) is 0 Å². The van der Waals surface area contributed by atoms with Gasteiger partial charge in [-0.1, -0.05) is 0 Å². The van der Waals surface area contributed by atoms with Crippen LogP contribution in [0.1, 0.15) is 19.4 Å². The third-order valence-electron chi connectivity index (χ3n) is 2.81. The Morgan fingerprint density at radius 2 is 2.11 bits per heavy atom. The standard InChI is InChI=1S/C10H16ClN3O3S/c1-7-5-14(6-8(2)17-7)18(15,16)10-9(3-11)4-12-13-10/h4,7-8H,3,5-6H2,1-2H3,(H,12,13)/t7-,8+. The zero-order valence-electron chi connectivity index (χ0n) is 10.3. The summed E-state index contributed by atoms with van der Waals surface area (Å²) in [6.45, 7) is 4.39. The Labute approximate surface area is 111 Å². The van der Waals surface area contributed by atoms with Gasteiger partial charge in [-0.3, -0.25) is 5.10 Å². The molecule has 0 aliphatic carbocycles. The Balaban J connectivity index is 2.31. The second kappa shape index (κ2) is 5.16. The van der Waals surface area contributed by atoms with Crippen LogP contribution >= 0.6 is 11.6 Å². The van der Waals surface area contributed by atoms with Gasteiger partial charge in [-0.05, 0) is 13.8 Å². The number of aromatic nitrogens is 2. The third-order valence-corrected chi connectivity index (χ3v) is 4.94. The number of sulfonamides is 1. The van der Waals surface area contributed by atoms with Crippen LogP contribution in [0.25, 0.3) is 0 Å². The molecule has 0 saturated carbocycles. The van der Waals surface area contributed by atoms with Crippen molar-refractivity contribution in [1.29, 1.82) is 0 Å². The number of rotatable bonds is 3. The lowest BCUT2D eigenvalue weighted by Crippen LogP contribution is -2.48. The minimum Gasteiger partial charge on any atom is -0.373 e. The number of alkyl halides is 1. The summed E-state index contributed by atoms with van der Waals surface area (Å²) >= 11 is 5.71. The summed E-state index contributed by atoms with van der Waals surface area (Å²) < 4.78 is 31.9. The first kappa shape index (κ1) is 13.8. The molecule has 1 saturated heterocycles. The average Bonchev–Trinajstić information content (AvgIpc) is 2.76. The van der Waals surface area contributed by atoms with Gasteiger partial charge in [0, 0.05) is 18.7 Å². The zero-order chi connectivity index (χ0) is 13.3. The molecule has 102 valence electrons. The summed E-state index contributed by atoms with van der Waals surface area (Å²) in [5.74, 6) is 0.112. The molecule has 0 unspecified atom stereocenters. The largest absolute Gasteiger partial charge is 0.373 e. The molecule has 0 radical (unpaired) electrons. The predicted octanol–water partition coefficient (Wildman–Crippen LogP) is 0.946. The summed E-state index contributed by atoms with van der Waals surface area (Å²) in [6, 6.07) is 0. The summed E-state index contributed by atoms with van der Waals surface area (Å²) in [7, 11) is -3.58. The van der Waals surface area contributed by atoms with E-state index in [2.05, 4.69) is 10.2 Å². The number of ether oxygens (including phenoxy) is 1. The van der Waals surface area contributed by atoms with E-state index < -0.39 is 10.0 Å². The lowest BCUT2D eigenvalue weighted by Gasteiger charge is -2.34. The van der Waals surface area contributed by atoms with Crippen molar-refractivity contribution in [3.05, 3.63) is 11.8 Å². The van der Waals surface area contributed by atoms with Crippen LogP contribution in [0.2, 0.25) is 0 Å². The van der Waals surface area contributed by atoms with Crippen LogP contribution in [0, 0.1) is 0 Å². The molecule has 2 heterocycles. The summed E-state index contributed by atoms with van der Waals surface area (Å²) in [4.78, 5) is 0. The first-order valence-corrected chi connectivity index (χ1v) is 7.66. The van der Waals surface area contributed by atoms with E-state index in [0.29, 0.717) is 18.7 Å². The van der Waals surface area contributed by atoms with Crippen LogP contribution < -0.4 is 0 Å². The molecule has 1 aromatic rings. The maximum atomic E-state index is 12.5. The second-order valence-corrected chi connectivity index (χ2v) is 6.58. The van der Waals surface area contributed by atoms with Gasteiger partial charge >= 0.3 is 0 Å². The van der Waals surface area contributed by atoms with Gasteiger partial charge in [0.15, 0.2) is 5.03 Å². The molecule has 1 fully saturated rings. The van der Waals surface area contributed by atoms with Crippen LogP contribution in [0.5, 0.6) is 0 Å². The number of H-pyrrole nitrogens is 1. The van der Waals surface area contributed by atoms with E-state index in [9.17, 15) is 8.42 Å². The Hall–Kier alpha value is -0.630. The molecule has 2 atom stereocenters. The lowest BCUT2D eigenvalue weighted by molar-refractivity contribution is -0.0441. The van der Waals surface area contributed by atoms with Crippen molar-refractivity contribution >= 4 is 21.6 Å². The fourth-order valence-corrected chi connectivity index (χ4v) is 4.05. The molecular weight excluding hydrogens is 278 g/mol. The smallest absolute Gasteiger partial charge is 0.260 e. The van der Waals surface area contributed by atoms with Gasteiger partial charge in [0.25, 0.3) is 10.0 Å². The van der Waals surface area contributed by atoms with Crippen LogP contribution in [-0.4, -0.2) is 48.2 Å². The maximum absolute atomic E-state index is 12.5. The first-order valence-electron chi connectivity index (χ1n) is 5.69. The van der Waals surface area contributed by atoms with E-state index in [-0.39, 0.29) is 23.1 Å². The first-order chi connectivity index (χ1) is 8.45. The summed E-state index contributed by atoms with van der Waals surface area (Å²) in [6.07, 6.45) is 1.20. The van der Waals surface area contributed by atoms with E-state index in [4.69, 9.17) is 16.3 Å². The molecule has 8 heteroatoms. The minimum atomic E-state index is -3.58. The SMILES string of the molecule is C[C@@H]1CN(S(=O)(=O)c2[nH]ncc2CCl)C[C@H](C)O1. The van der Waals surface area contributed by atoms with E-state index in [1.54, 1.807) is 0 Å². The van der Waals surface area contributed by atoms with E-state index in [0.717, 1.165) is 0 Å². The number of halogens is 1. The lowest BCUT2D eigenvalue weighted by atomic mass is 10.3. The molecule has 2 rings (SSSR count). The highest BCUT2D eigenvalue weighted by Crippen LogP contribution is 2.22. The molecule has 1 N–H and O–H groups in total. The van der Waals surface area contributed by atoms with Gasteiger partial charge in [-0.2, -0.15) is 9.40 Å². The quantitative estimate of drug-likeness (QED) is 0.842. The fraction of sp³-hybridized carbons (Fsp3) is 0.700. The number of nitrogens with zero attached hydrogens (tertiary/aromatic N) is 2. The van der Waals surface area contributed by atoms with Gasteiger partial charge in [0.1, 0.15) is 0 Å².